The summed E-state index contributed by atoms with van der Waals surface area (Å²) < 4.78 is 0. The van der Waals surface area contributed by atoms with Crippen LogP contribution in [-0.4, -0.2) is 15.8 Å². The average molecular weight is 430 g/mol. The summed E-state index contributed by atoms with van der Waals surface area (Å²) in [5, 5.41) is 24.3. The smallest absolute Gasteiger partial charge is 0.283 e. The number of carbonyl (C=O) groups excluding carboxylic acids is 1. The van der Waals surface area contributed by atoms with E-state index in [-0.39, 0.29) is 11.3 Å². The molecule has 0 bridgehead atoms. The first-order valence-electron chi connectivity index (χ1n) is 9.24. The molecule has 0 saturated carbocycles. The fourth-order valence-electron chi connectivity index (χ4n) is 2.93. The van der Waals surface area contributed by atoms with Crippen LogP contribution in [-0.2, 0) is 4.79 Å². The van der Waals surface area contributed by atoms with Crippen LogP contribution >= 0.6 is 11.8 Å². The molecule has 8 heteroatoms. The maximum absolute atomic E-state index is 12.5. The molecular weight excluding hydrogens is 412 g/mol. The van der Waals surface area contributed by atoms with Gasteiger partial charge >= 0.3 is 0 Å². The Bertz CT molecular complexity index is 1200. The number of nitro groups is 1. The number of hydrogen-bond donors (Lipinski definition) is 1. The summed E-state index contributed by atoms with van der Waals surface area (Å²) in [5.41, 5.74) is 2.64. The number of nitriles is 1. The van der Waals surface area contributed by atoms with Gasteiger partial charge < -0.3 is 5.32 Å². The van der Waals surface area contributed by atoms with Gasteiger partial charge in [0.15, 0.2) is 0 Å². The standard InChI is InChI=1S/C23H18N4O3S/c1-15-9-16(2)11-19(10-15)26-23(28)18(14-24)12-17-6-7-21(20(13-17)27(29)30)31-22-5-3-4-8-25-22/h3-13H,1-2H3,(H,26,28)/b18-12+. The highest BCUT2D eigenvalue weighted by molar-refractivity contribution is 7.99. The van der Waals surface area contributed by atoms with Crippen molar-refractivity contribution in [3.05, 3.63) is 93.2 Å². The van der Waals surface area contributed by atoms with E-state index in [1.54, 1.807) is 48.7 Å². The highest BCUT2D eigenvalue weighted by Gasteiger charge is 2.17. The minimum absolute atomic E-state index is 0.128. The molecule has 154 valence electrons. The number of nitro benzene ring substituents is 1. The van der Waals surface area contributed by atoms with Crippen molar-refractivity contribution in [3.63, 3.8) is 0 Å². The van der Waals surface area contributed by atoms with Gasteiger partial charge in [-0.3, -0.25) is 14.9 Å². The first-order valence-corrected chi connectivity index (χ1v) is 10.1. The van der Waals surface area contributed by atoms with Crippen LogP contribution < -0.4 is 5.32 Å². The van der Waals surface area contributed by atoms with Crippen molar-refractivity contribution < 1.29 is 9.72 Å². The summed E-state index contributed by atoms with van der Waals surface area (Å²) in [4.78, 5) is 28.2. The Morgan fingerprint density at radius 3 is 2.52 bits per heavy atom. The minimum atomic E-state index is -0.581. The van der Waals surface area contributed by atoms with Gasteiger partial charge in [0.1, 0.15) is 16.7 Å². The molecule has 0 saturated heterocycles. The Labute approximate surface area is 183 Å². The number of rotatable bonds is 6. The van der Waals surface area contributed by atoms with Gasteiger partial charge in [0.25, 0.3) is 11.6 Å². The predicted molar refractivity (Wildman–Crippen MR) is 120 cm³/mol. The van der Waals surface area contributed by atoms with Crippen LogP contribution in [0, 0.1) is 35.3 Å². The maximum atomic E-state index is 12.5. The van der Waals surface area contributed by atoms with Crippen molar-refractivity contribution >= 4 is 35.1 Å². The number of carbonyl (C=O) groups is 1. The molecule has 1 N–H and O–H groups in total. The van der Waals surface area contributed by atoms with E-state index in [1.165, 1.54) is 23.9 Å². The predicted octanol–water partition coefficient (Wildman–Crippen LogP) is 5.30. The average Bonchev–Trinajstić information content (AvgIpc) is 2.72. The van der Waals surface area contributed by atoms with Gasteiger partial charge in [0.2, 0.25) is 0 Å². The van der Waals surface area contributed by atoms with Crippen LogP contribution in [0.2, 0.25) is 0 Å². The lowest BCUT2D eigenvalue weighted by molar-refractivity contribution is -0.387. The molecule has 0 fully saturated rings. The van der Waals surface area contributed by atoms with Gasteiger partial charge in [-0.1, -0.05) is 30.0 Å². The zero-order valence-electron chi connectivity index (χ0n) is 16.8. The zero-order valence-corrected chi connectivity index (χ0v) is 17.6. The first kappa shape index (κ1) is 21.7. The third-order valence-electron chi connectivity index (χ3n) is 4.19. The van der Waals surface area contributed by atoms with Gasteiger partial charge in [-0.15, -0.1) is 0 Å². The van der Waals surface area contributed by atoms with Crippen LogP contribution in [0.4, 0.5) is 11.4 Å². The molecule has 1 aromatic heterocycles. The molecule has 31 heavy (non-hydrogen) atoms. The lowest BCUT2D eigenvalue weighted by Crippen LogP contribution is -2.13. The van der Waals surface area contributed by atoms with Gasteiger partial charge in [0, 0.05) is 18.0 Å². The van der Waals surface area contributed by atoms with Gasteiger partial charge in [-0.05, 0) is 66.9 Å². The lowest BCUT2D eigenvalue weighted by atomic mass is 10.1. The van der Waals surface area contributed by atoms with Crippen LogP contribution in [0.3, 0.4) is 0 Å². The molecule has 3 aromatic rings. The fraction of sp³-hybridized carbons (Fsp3) is 0.0870. The van der Waals surface area contributed by atoms with E-state index in [4.69, 9.17) is 0 Å². The fourth-order valence-corrected chi connectivity index (χ4v) is 3.79. The molecule has 0 unspecified atom stereocenters. The summed E-state index contributed by atoms with van der Waals surface area (Å²) in [6, 6.07) is 17.3. The van der Waals surface area contributed by atoms with E-state index < -0.39 is 10.8 Å². The molecule has 7 nitrogen and oxygen atoms in total. The second kappa shape index (κ2) is 9.69. The molecule has 1 amide bonds. The van der Waals surface area contributed by atoms with Crippen molar-refractivity contribution in [2.24, 2.45) is 0 Å². The van der Waals surface area contributed by atoms with E-state index in [9.17, 15) is 20.2 Å². The molecular formula is C23H18N4O3S. The number of amides is 1. The van der Waals surface area contributed by atoms with Crippen molar-refractivity contribution in [1.82, 2.24) is 4.98 Å². The Hall–Kier alpha value is -3.96. The summed E-state index contributed by atoms with van der Waals surface area (Å²) >= 11 is 1.17. The number of anilines is 1. The molecule has 0 spiro atoms. The maximum Gasteiger partial charge on any atom is 0.283 e. The van der Waals surface area contributed by atoms with Crippen LogP contribution in [0.5, 0.6) is 0 Å². The number of pyridine rings is 1. The van der Waals surface area contributed by atoms with Crippen molar-refractivity contribution in [1.29, 1.82) is 5.26 Å². The molecule has 2 aromatic carbocycles. The lowest BCUT2D eigenvalue weighted by Gasteiger charge is -2.07. The molecule has 0 atom stereocenters. The highest BCUT2D eigenvalue weighted by atomic mass is 32.2. The molecule has 3 rings (SSSR count). The summed E-state index contributed by atoms with van der Waals surface area (Å²) in [6.07, 6.45) is 2.94. The topological polar surface area (TPSA) is 109 Å². The Balaban J connectivity index is 1.87. The van der Waals surface area contributed by atoms with Crippen LogP contribution in [0.1, 0.15) is 16.7 Å². The Morgan fingerprint density at radius 2 is 1.90 bits per heavy atom. The highest BCUT2D eigenvalue weighted by Crippen LogP contribution is 2.34. The Kier molecular flexibility index (Phi) is 6.80. The third-order valence-corrected chi connectivity index (χ3v) is 5.20. The van der Waals surface area contributed by atoms with E-state index in [0.29, 0.717) is 21.2 Å². The van der Waals surface area contributed by atoms with E-state index >= 15 is 0 Å². The van der Waals surface area contributed by atoms with Crippen LogP contribution in [0.15, 0.2) is 76.3 Å². The van der Waals surface area contributed by atoms with E-state index in [0.717, 1.165) is 11.1 Å². The summed E-state index contributed by atoms with van der Waals surface area (Å²) in [7, 11) is 0. The quantitative estimate of drug-likeness (QED) is 0.246. The second-order valence-electron chi connectivity index (χ2n) is 6.75. The summed E-state index contributed by atoms with van der Waals surface area (Å²) in [5.74, 6) is -0.581. The number of nitrogens with zero attached hydrogens (tertiary/aromatic N) is 3. The largest absolute Gasteiger partial charge is 0.321 e. The molecule has 0 aliphatic rings. The summed E-state index contributed by atoms with van der Waals surface area (Å²) in [6.45, 7) is 3.82. The van der Waals surface area contributed by atoms with Gasteiger partial charge in [0.05, 0.1) is 9.82 Å². The zero-order chi connectivity index (χ0) is 22.4. The van der Waals surface area contributed by atoms with Gasteiger partial charge in [-0.25, -0.2) is 4.98 Å². The number of benzene rings is 2. The van der Waals surface area contributed by atoms with E-state index in [1.807, 2.05) is 26.0 Å². The normalized spacial score (nSPS) is 10.9. The molecule has 0 radical (unpaired) electrons. The SMILES string of the molecule is Cc1cc(C)cc(NC(=O)/C(C#N)=C/c2ccc(Sc3ccccn3)c([N+](=O)[O-])c2)c1. The van der Waals surface area contributed by atoms with Gasteiger partial charge in [-0.2, -0.15) is 5.26 Å². The van der Waals surface area contributed by atoms with Crippen molar-refractivity contribution in [3.8, 4) is 6.07 Å². The van der Waals surface area contributed by atoms with E-state index in [2.05, 4.69) is 10.3 Å². The number of nitrogens with one attached hydrogen (secondary N) is 1. The minimum Gasteiger partial charge on any atom is -0.321 e. The number of aromatic nitrogens is 1. The Morgan fingerprint density at radius 1 is 1.16 bits per heavy atom. The molecule has 0 aliphatic carbocycles. The van der Waals surface area contributed by atoms with Crippen LogP contribution in [0.25, 0.3) is 6.08 Å². The molecule has 1 heterocycles. The second-order valence-corrected chi connectivity index (χ2v) is 7.82. The molecule has 0 aliphatic heterocycles. The monoisotopic (exact) mass is 430 g/mol. The van der Waals surface area contributed by atoms with Crippen molar-refractivity contribution in [2.75, 3.05) is 5.32 Å². The number of hydrogen-bond acceptors (Lipinski definition) is 6. The van der Waals surface area contributed by atoms with Crippen molar-refractivity contribution in [2.45, 2.75) is 23.8 Å². The third kappa shape index (κ3) is 5.78. The first-order chi connectivity index (χ1) is 14.9. The number of aryl methyl sites for hydroxylation is 2.